The van der Waals surface area contributed by atoms with Crippen molar-refractivity contribution in [2.75, 3.05) is 13.1 Å². The van der Waals surface area contributed by atoms with Crippen LogP contribution in [0.2, 0.25) is 5.02 Å². The van der Waals surface area contributed by atoms with Crippen LogP contribution >= 0.6 is 11.6 Å². The van der Waals surface area contributed by atoms with E-state index >= 15 is 0 Å². The van der Waals surface area contributed by atoms with Crippen LogP contribution in [-0.4, -0.2) is 42.6 Å². The molecule has 4 rings (SSSR count). The van der Waals surface area contributed by atoms with Crippen molar-refractivity contribution in [2.24, 2.45) is 10.7 Å². The second-order valence-electron chi connectivity index (χ2n) is 6.18. The van der Waals surface area contributed by atoms with Gasteiger partial charge in [-0.1, -0.05) is 17.7 Å². The lowest BCUT2D eigenvalue weighted by molar-refractivity contribution is -0.0945. The maximum absolute atomic E-state index is 13.0. The predicted octanol–water partition coefficient (Wildman–Crippen LogP) is 2.26. The third kappa shape index (κ3) is 2.76. The van der Waals surface area contributed by atoms with E-state index in [0.29, 0.717) is 29.3 Å². The minimum absolute atomic E-state index is 0.135. The van der Waals surface area contributed by atoms with Crippen LogP contribution in [0.4, 0.5) is 8.78 Å². The van der Waals surface area contributed by atoms with Crippen LogP contribution in [0.1, 0.15) is 11.3 Å². The third-order valence-corrected chi connectivity index (χ3v) is 6.41. The number of aliphatic imine (C=N–C) groups is 1. The topological polar surface area (TPSA) is 88.6 Å². The van der Waals surface area contributed by atoms with Crippen molar-refractivity contribution in [2.45, 2.75) is 17.4 Å². The summed E-state index contributed by atoms with van der Waals surface area (Å²) in [6.07, 6.45) is 0. The zero-order valence-corrected chi connectivity index (χ0v) is 14.9. The molecule has 136 valence electrons. The van der Waals surface area contributed by atoms with E-state index in [9.17, 15) is 17.2 Å². The molecule has 0 bridgehead atoms. The van der Waals surface area contributed by atoms with E-state index in [4.69, 9.17) is 17.3 Å². The van der Waals surface area contributed by atoms with Gasteiger partial charge < -0.3 is 5.73 Å². The van der Waals surface area contributed by atoms with Crippen molar-refractivity contribution in [3.8, 4) is 11.3 Å². The number of alkyl halides is 2. The van der Waals surface area contributed by atoms with Gasteiger partial charge in [0.05, 0.1) is 35.2 Å². The molecule has 2 N–H and O–H groups in total. The summed E-state index contributed by atoms with van der Waals surface area (Å²) < 4.78 is 51.5. The molecule has 1 aromatic carbocycles. The van der Waals surface area contributed by atoms with Crippen molar-refractivity contribution in [1.29, 1.82) is 0 Å². The van der Waals surface area contributed by atoms with E-state index in [1.54, 1.807) is 6.07 Å². The molecule has 10 heteroatoms. The summed E-state index contributed by atoms with van der Waals surface area (Å²) in [5.41, 5.74) is 8.32. The van der Waals surface area contributed by atoms with Gasteiger partial charge in [0, 0.05) is 11.1 Å². The first-order chi connectivity index (χ1) is 12.2. The fourth-order valence-corrected chi connectivity index (χ4v) is 4.75. The second-order valence-corrected chi connectivity index (χ2v) is 8.52. The van der Waals surface area contributed by atoms with Gasteiger partial charge in [0.25, 0.3) is 5.92 Å². The molecule has 1 saturated heterocycles. The molecular formula is C16H13ClF2N4O2S. The number of rotatable bonds is 3. The second kappa shape index (κ2) is 5.70. The summed E-state index contributed by atoms with van der Waals surface area (Å²) >= 11 is 6.25. The number of nitrogens with zero attached hydrogens (tertiary/aromatic N) is 3. The predicted molar refractivity (Wildman–Crippen MR) is 92.8 cm³/mol. The highest BCUT2D eigenvalue weighted by Gasteiger charge is 2.49. The monoisotopic (exact) mass is 398 g/mol. The van der Waals surface area contributed by atoms with Gasteiger partial charge in [-0.05, 0) is 24.3 Å². The van der Waals surface area contributed by atoms with Gasteiger partial charge >= 0.3 is 0 Å². The smallest absolute Gasteiger partial charge is 0.275 e. The number of fused-ring (bicyclic) bond motifs is 1. The summed E-state index contributed by atoms with van der Waals surface area (Å²) in [5, 5.41) is 0.152. The average Bonchev–Trinajstić information content (AvgIpc) is 2.93. The molecule has 0 unspecified atom stereocenters. The van der Waals surface area contributed by atoms with Gasteiger partial charge in [0.15, 0.2) is 0 Å². The maximum Gasteiger partial charge on any atom is 0.275 e. The van der Waals surface area contributed by atoms with Crippen molar-refractivity contribution >= 4 is 27.5 Å². The summed E-state index contributed by atoms with van der Waals surface area (Å²) in [5.74, 6) is -2.64. The van der Waals surface area contributed by atoms with E-state index in [1.807, 2.05) is 6.07 Å². The SMILES string of the molecule is NC1=NCc2ccc(-c3ccc(S(=O)(=O)N4CC(F)(F)C4)cc3Cl)nc21. The van der Waals surface area contributed by atoms with Crippen LogP contribution in [-0.2, 0) is 16.6 Å². The van der Waals surface area contributed by atoms with E-state index in [-0.39, 0.29) is 9.92 Å². The largest absolute Gasteiger partial charge is 0.382 e. The van der Waals surface area contributed by atoms with Gasteiger partial charge in [0.1, 0.15) is 11.5 Å². The fraction of sp³-hybridized carbons (Fsp3) is 0.250. The first kappa shape index (κ1) is 17.3. The first-order valence-corrected chi connectivity index (χ1v) is 9.47. The highest BCUT2D eigenvalue weighted by atomic mass is 35.5. The lowest BCUT2D eigenvalue weighted by atomic mass is 10.1. The third-order valence-electron chi connectivity index (χ3n) is 4.31. The van der Waals surface area contributed by atoms with Gasteiger partial charge in [-0.15, -0.1) is 0 Å². The van der Waals surface area contributed by atoms with Crippen molar-refractivity contribution in [3.05, 3.63) is 46.6 Å². The van der Waals surface area contributed by atoms with Crippen LogP contribution in [0, 0.1) is 0 Å². The number of aromatic nitrogens is 1. The Hall–Kier alpha value is -2.10. The van der Waals surface area contributed by atoms with Crippen LogP contribution in [0.15, 0.2) is 40.2 Å². The van der Waals surface area contributed by atoms with Gasteiger partial charge in [0.2, 0.25) is 10.0 Å². The minimum Gasteiger partial charge on any atom is -0.382 e. The lowest BCUT2D eigenvalue weighted by Gasteiger charge is -2.37. The van der Waals surface area contributed by atoms with Crippen molar-refractivity contribution in [1.82, 2.24) is 9.29 Å². The van der Waals surface area contributed by atoms with Crippen LogP contribution in [0.25, 0.3) is 11.3 Å². The number of sulfonamides is 1. The molecule has 6 nitrogen and oxygen atoms in total. The highest BCUT2D eigenvalue weighted by Crippen LogP contribution is 2.35. The zero-order valence-electron chi connectivity index (χ0n) is 13.3. The zero-order chi connectivity index (χ0) is 18.7. The molecule has 1 aromatic heterocycles. The Morgan fingerprint density at radius 1 is 1.19 bits per heavy atom. The van der Waals surface area contributed by atoms with Gasteiger partial charge in [-0.25, -0.2) is 22.2 Å². The number of benzene rings is 1. The standard InChI is InChI=1S/C16H13ClF2N4O2S/c17-12-5-10(26(24,25)23-7-16(18,19)8-23)2-3-11(12)13-4-1-9-6-21-15(20)14(9)22-13/h1-5H,6-8H2,(H2,20,21). The molecule has 0 spiro atoms. The molecule has 2 aliphatic heterocycles. The Morgan fingerprint density at radius 2 is 1.92 bits per heavy atom. The molecule has 0 radical (unpaired) electrons. The van der Waals surface area contributed by atoms with Gasteiger partial charge in [-0.3, -0.25) is 4.99 Å². The Morgan fingerprint density at radius 3 is 2.58 bits per heavy atom. The Bertz CT molecular complexity index is 1050. The molecule has 0 aliphatic carbocycles. The summed E-state index contributed by atoms with van der Waals surface area (Å²) in [6, 6.07) is 7.67. The molecule has 0 saturated carbocycles. The number of hydrogen-bond acceptors (Lipinski definition) is 5. The Kier molecular flexibility index (Phi) is 3.80. The number of nitrogens with two attached hydrogens (primary N) is 1. The highest BCUT2D eigenvalue weighted by molar-refractivity contribution is 7.89. The van der Waals surface area contributed by atoms with Crippen LogP contribution < -0.4 is 5.73 Å². The Balaban J connectivity index is 1.67. The normalized spacial score (nSPS) is 19.0. The summed E-state index contributed by atoms with van der Waals surface area (Å²) in [7, 11) is -4.00. The molecular weight excluding hydrogens is 386 g/mol. The fourth-order valence-electron chi connectivity index (χ4n) is 2.89. The molecule has 1 fully saturated rings. The first-order valence-electron chi connectivity index (χ1n) is 7.65. The maximum atomic E-state index is 13.0. The molecule has 2 aliphatic rings. The van der Waals surface area contributed by atoms with Gasteiger partial charge in [-0.2, -0.15) is 4.31 Å². The van der Waals surface area contributed by atoms with Crippen LogP contribution in [0.5, 0.6) is 0 Å². The summed E-state index contributed by atoms with van der Waals surface area (Å²) in [4.78, 5) is 8.41. The van der Waals surface area contributed by atoms with Crippen LogP contribution in [0.3, 0.4) is 0 Å². The molecule has 3 heterocycles. The quantitative estimate of drug-likeness (QED) is 0.858. The lowest BCUT2D eigenvalue weighted by Crippen LogP contribution is -2.58. The number of hydrogen-bond donors (Lipinski definition) is 1. The molecule has 2 aromatic rings. The number of halogens is 3. The average molecular weight is 399 g/mol. The number of pyridine rings is 1. The molecule has 0 atom stereocenters. The van der Waals surface area contributed by atoms with E-state index in [0.717, 1.165) is 9.87 Å². The van der Waals surface area contributed by atoms with E-state index in [2.05, 4.69) is 9.98 Å². The minimum atomic E-state index is -4.00. The number of amidine groups is 1. The molecule has 0 amide bonds. The van der Waals surface area contributed by atoms with E-state index in [1.165, 1.54) is 18.2 Å². The van der Waals surface area contributed by atoms with Crippen molar-refractivity contribution in [3.63, 3.8) is 0 Å². The van der Waals surface area contributed by atoms with Crippen molar-refractivity contribution < 1.29 is 17.2 Å². The molecule has 26 heavy (non-hydrogen) atoms. The Labute approximate surface area is 153 Å². The van der Waals surface area contributed by atoms with E-state index < -0.39 is 29.0 Å². The summed E-state index contributed by atoms with van der Waals surface area (Å²) in [6.45, 7) is -1.17.